The summed E-state index contributed by atoms with van der Waals surface area (Å²) in [5.41, 5.74) is 0.753. The predicted octanol–water partition coefficient (Wildman–Crippen LogP) is 4.66. The van der Waals surface area contributed by atoms with Crippen LogP contribution < -0.4 is 0 Å². The Labute approximate surface area is 184 Å². The van der Waals surface area contributed by atoms with E-state index in [0.29, 0.717) is 5.56 Å². The minimum Gasteiger partial charge on any atom is -0.504 e. The molecule has 0 aliphatic heterocycles. The van der Waals surface area contributed by atoms with Crippen molar-refractivity contribution in [3.8, 4) is 11.8 Å². The van der Waals surface area contributed by atoms with Gasteiger partial charge in [-0.1, -0.05) is 30.0 Å². The smallest absolute Gasteiger partial charge is 0.449 e. The molecule has 0 aliphatic carbocycles. The van der Waals surface area contributed by atoms with Gasteiger partial charge in [0, 0.05) is 71.6 Å². The summed E-state index contributed by atoms with van der Waals surface area (Å²) in [7, 11) is 0. The van der Waals surface area contributed by atoms with Gasteiger partial charge in [0.15, 0.2) is 5.78 Å². The second-order valence-corrected chi connectivity index (χ2v) is 4.99. The average Bonchev–Trinajstić information content (AvgIpc) is 2.58. The molecule has 0 bridgehead atoms. The molecule has 1 N–H and O–H groups in total. The molecule has 25 heavy (non-hydrogen) atoms. The van der Waals surface area contributed by atoms with Crippen LogP contribution in [-0.4, -0.2) is 17.1 Å². The Hall–Kier alpha value is -1.42. The monoisotopic (exact) mass is 483 g/mol. The Bertz CT molecular complexity index is 827. The summed E-state index contributed by atoms with van der Waals surface area (Å²) in [4.78, 5) is 12.0. The number of carbonyl (C=O) groups excluding carboxylic acids is 1. The fourth-order valence-electron chi connectivity index (χ4n) is 1.91. The van der Waals surface area contributed by atoms with Crippen LogP contribution >= 0.6 is 0 Å². The van der Waals surface area contributed by atoms with Gasteiger partial charge in [-0.3, -0.25) is 4.79 Å². The van der Waals surface area contributed by atoms with Gasteiger partial charge in [0.1, 0.15) is 0 Å². The van der Waals surface area contributed by atoms with Crippen LogP contribution in [-0.2, 0) is 0 Å². The molecule has 0 spiro atoms. The third kappa shape index (κ3) is 6.11. The molecule has 0 fully saturated rings. The van der Waals surface area contributed by atoms with Gasteiger partial charge >= 0.3 is 6.18 Å². The van der Waals surface area contributed by atoms with Gasteiger partial charge in [-0.2, -0.15) is 13.2 Å². The van der Waals surface area contributed by atoms with E-state index in [0.717, 1.165) is 12.5 Å². The van der Waals surface area contributed by atoms with Crippen LogP contribution in [0, 0.1) is 61.2 Å². The van der Waals surface area contributed by atoms with E-state index in [1.807, 2.05) is 30.3 Å². The standard InChI is InChI=1S/C19H13F3O2.Eu/c1-13(18(24)19(20,21)22)17(23)16-11-9-15(10-12-16)8-7-14-5-3-2-4-6-14;/h2-6,9-12,24H,1H3;/b18-13-;. The number of rotatable bonds is 2. The maximum Gasteiger partial charge on any atom is 0.449 e. The van der Waals surface area contributed by atoms with Gasteiger partial charge in [0.25, 0.3) is 0 Å². The molecular weight excluding hydrogens is 469 g/mol. The molecule has 0 heterocycles. The van der Waals surface area contributed by atoms with E-state index in [-0.39, 0.29) is 54.9 Å². The Morgan fingerprint density at radius 1 is 0.920 bits per heavy atom. The molecule has 0 saturated heterocycles. The zero-order valence-electron chi connectivity index (χ0n) is 13.1. The van der Waals surface area contributed by atoms with Crippen LogP contribution in [0.2, 0.25) is 0 Å². The molecule has 2 rings (SSSR count). The van der Waals surface area contributed by atoms with Gasteiger partial charge in [0.05, 0.1) is 0 Å². The second kappa shape index (κ2) is 9.33. The number of halogens is 3. The van der Waals surface area contributed by atoms with Crippen molar-refractivity contribution >= 4 is 5.78 Å². The van der Waals surface area contributed by atoms with Crippen molar-refractivity contribution in [3.05, 3.63) is 82.6 Å². The first-order chi connectivity index (χ1) is 11.3. The first-order valence-electron chi connectivity index (χ1n) is 6.98. The number of carbonyl (C=O) groups is 1. The molecular formula is C19H13EuF3O2. The first kappa shape index (κ1) is 21.6. The number of ketones is 1. The van der Waals surface area contributed by atoms with Gasteiger partial charge in [-0.15, -0.1) is 0 Å². The summed E-state index contributed by atoms with van der Waals surface area (Å²) in [6.07, 6.45) is -4.94. The van der Waals surface area contributed by atoms with Crippen molar-refractivity contribution in [1.29, 1.82) is 0 Å². The van der Waals surface area contributed by atoms with E-state index >= 15 is 0 Å². The van der Waals surface area contributed by atoms with E-state index in [1.54, 1.807) is 12.1 Å². The van der Waals surface area contributed by atoms with E-state index < -0.39 is 23.3 Å². The summed E-state index contributed by atoms with van der Waals surface area (Å²) >= 11 is 0. The summed E-state index contributed by atoms with van der Waals surface area (Å²) in [6.45, 7) is 0.939. The van der Waals surface area contributed by atoms with Crippen molar-refractivity contribution in [2.45, 2.75) is 13.1 Å². The molecule has 0 aromatic heterocycles. The molecule has 2 aromatic rings. The normalized spacial score (nSPS) is 11.5. The maximum atomic E-state index is 12.4. The first-order valence-corrected chi connectivity index (χ1v) is 6.98. The van der Waals surface area contributed by atoms with Crippen molar-refractivity contribution in [1.82, 2.24) is 0 Å². The van der Waals surface area contributed by atoms with Crippen molar-refractivity contribution in [3.63, 3.8) is 0 Å². The largest absolute Gasteiger partial charge is 0.504 e. The Morgan fingerprint density at radius 2 is 1.40 bits per heavy atom. The number of Topliss-reactive ketones (excluding diaryl/α,β-unsaturated/α-hetero) is 1. The molecule has 0 atom stereocenters. The minimum absolute atomic E-state index is 0. The Balaban J connectivity index is 0.00000312. The second-order valence-electron chi connectivity index (χ2n) is 4.99. The topological polar surface area (TPSA) is 37.3 Å². The van der Waals surface area contributed by atoms with Crippen molar-refractivity contribution in [2.75, 3.05) is 0 Å². The zero-order chi connectivity index (χ0) is 17.7. The number of allylic oxidation sites excluding steroid dienone is 2. The van der Waals surface area contributed by atoms with E-state index in [4.69, 9.17) is 5.11 Å². The van der Waals surface area contributed by atoms with Crippen LogP contribution in [0.25, 0.3) is 0 Å². The Morgan fingerprint density at radius 3 is 1.88 bits per heavy atom. The minimum atomic E-state index is -4.94. The fraction of sp³-hybridized carbons (Fsp3) is 0.105. The number of benzene rings is 2. The summed E-state index contributed by atoms with van der Waals surface area (Å²) < 4.78 is 37.3. The number of aliphatic hydroxyl groups is 1. The molecule has 0 aliphatic rings. The van der Waals surface area contributed by atoms with Gasteiger partial charge < -0.3 is 5.11 Å². The fourth-order valence-corrected chi connectivity index (χ4v) is 1.91. The van der Waals surface area contributed by atoms with Gasteiger partial charge in [-0.25, -0.2) is 0 Å². The van der Waals surface area contributed by atoms with Crippen LogP contribution in [0.5, 0.6) is 0 Å². The van der Waals surface area contributed by atoms with Crippen LogP contribution in [0.1, 0.15) is 28.4 Å². The molecule has 2 nitrogen and oxygen atoms in total. The predicted molar refractivity (Wildman–Crippen MR) is 84.6 cm³/mol. The number of hydrogen-bond acceptors (Lipinski definition) is 2. The van der Waals surface area contributed by atoms with Crippen LogP contribution in [0.4, 0.5) is 13.2 Å². The molecule has 0 saturated carbocycles. The summed E-state index contributed by atoms with van der Waals surface area (Å²) in [6, 6.07) is 15.1. The maximum absolute atomic E-state index is 12.4. The SMILES string of the molecule is C/C(C(=O)c1ccc(C#Cc2ccccc2)cc1)=C(/O)C(F)(F)F.[Eu]. The summed E-state index contributed by atoms with van der Waals surface area (Å²) in [5, 5.41) is 9.06. The van der Waals surface area contributed by atoms with E-state index in [2.05, 4.69) is 11.8 Å². The zero-order valence-corrected chi connectivity index (χ0v) is 15.5. The summed E-state index contributed by atoms with van der Waals surface area (Å²) in [5.74, 6) is 3.08. The third-order valence-electron chi connectivity index (χ3n) is 3.24. The number of alkyl halides is 3. The molecule has 1 radical (unpaired) electrons. The quantitative estimate of drug-likeness (QED) is 0.293. The van der Waals surface area contributed by atoms with E-state index in [9.17, 15) is 18.0 Å². The molecule has 129 valence electrons. The Kier molecular flexibility index (Phi) is 8.07. The van der Waals surface area contributed by atoms with Gasteiger partial charge in [0.2, 0.25) is 5.76 Å². The van der Waals surface area contributed by atoms with Crippen molar-refractivity contribution in [2.24, 2.45) is 0 Å². The van der Waals surface area contributed by atoms with Crippen LogP contribution in [0.3, 0.4) is 0 Å². The van der Waals surface area contributed by atoms with Crippen molar-refractivity contribution < 1.29 is 72.4 Å². The molecule has 6 heteroatoms. The average molecular weight is 482 g/mol. The number of hydrogen-bond donors (Lipinski definition) is 1. The molecule has 2 aromatic carbocycles. The van der Waals surface area contributed by atoms with Gasteiger partial charge in [-0.05, 0) is 43.3 Å². The molecule has 0 unspecified atom stereocenters. The third-order valence-corrected chi connectivity index (χ3v) is 3.24. The molecule has 0 amide bonds. The van der Waals surface area contributed by atoms with E-state index in [1.165, 1.54) is 12.1 Å². The van der Waals surface area contributed by atoms with Crippen LogP contribution in [0.15, 0.2) is 65.9 Å². The number of aliphatic hydroxyl groups excluding tert-OH is 1.